The number of rotatable bonds is 9. The molecule has 1 aliphatic heterocycles. The Labute approximate surface area is 152 Å². The zero-order chi connectivity index (χ0) is 19.2. The topological polar surface area (TPSA) is 76.1 Å². The van der Waals surface area contributed by atoms with Gasteiger partial charge in [0.15, 0.2) is 0 Å². The van der Waals surface area contributed by atoms with Crippen LogP contribution in [-0.4, -0.2) is 53.9 Å². The molecular weight excluding hydrogens is 341 g/mol. The fourth-order valence-electron chi connectivity index (χ4n) is 2.73. The van der Waals surface area contributed by atoms with Crippen LogP contribution in [0.2, 0.25) is 0 Å². The van der Waals surface area contributed by atoms with E-state index in [0.29, 0.717) is 30.3 Å². The number of likely N-dealkylation sites (tertiary alicyclic amines) is 1. The highest BCUT2D eigenvalue weighted by atomic mass is 19.1. The first-order valence-corrected chi connectivity index (χ1v) is 9.02. The molecule has 1 unspecified atom stereocenters. The number of nitrogens with zero attached hydrogens (tertiary/aromatic N) is 1. The maximum atomic E-state index is 14.3. The smallest absolute Gasteiger partial charge is 0.343 e. The number of carboxylic acids is 1. The largest absolute Gasteiger partial charge is 0.493 e. The van der Waals surface area contributed by atoms with Crippen LogP contribution in [0.5, 0.6) is 11.5 Å². The van der Waals surface area contributed by atoms with Crippen molar-refractivity contribution >= 4 is 11.9 Å². The van der Waals surface area contributed by atoms with E-state index >= 15 is 0 Å². The number of hydrogen-bond donors (Lipinski definition) is 1. The molecule has 1 saturated heterocycles. The summed E-state index contributed by atoms with van der Waals surface area (Å²) in [6.45, 7) is 4.64. The summed E-state index contributed by atoms with van der Waals surface area (Å²) < 4.78 is 25.6. The van der Waals surface area contributed by atoms with Crippen LogP contribution >= 0.6 is 0 Å². The van der Waals surface area contributed by atoms with Crippen molar-refractivity contribution < 1.29 is 28.6 Å². The molecule has 7 heteroatoms. The Morgan fingerprint density at radius 2 is 2.00 bits per heavy atom. The Bertz CT molecular complexity index is 651. The number of unbranched alkanes of at least 4 members (excludes halogenated alkanes) is 1. The molecule has 0 aromatic heterocycles. The van der Waals surface area contributed by atoms with E-state index in [-0.39, 0.29) is 13.0 Å². The summed E-state index contributed by atoms with van der Waals surface area (Å²) in [4.78, 5) is 25.1. The Morgan fingerprint density at radius 1 is 1.23 bits per heavy atom. The van der Waals surface area contributed by atoms with E-state index in [2.05, 4.69) is 0 Å². The van der Waals surface area contributed by atoms with Crippen molar-refractivity contribution in [1.82, 2.24) is 4.90 Å². The van der Waals surface area contributed by atoms with Crippen LogP contribution in [0.15, 0.2) is 18.2 Å². The van der Waals surface area contributed by atoms with Crippen molar-refractivity contribution in [1.29, 1.82) is 0 Å². The van der Waals surface area contributed by atoms with E-state index in [4.69, 9.17) is 14.6 Å². The van der Waals surface area contributed by atoms with Crippen LogP contribution in [0, 0.1) is 0 Å². The first kappa shape index (κ1) is 20.0. The van der Waals surface area contributed by atoms with Gasteiger partial charge in [0.05, 0.1) is 25.3 Å². The molecule has 1 N–H and O–H groups in total. The highest BCUT2D eigenvalue weighted by Crippen LogP contribution is 2.31. The van der Waals surface area contributed by atoms with E-state index in [1.54, 1.807) is 18.2 Å². The number of hydrogen-bond acceptors (Lipinski definition) is 4. The highest BCUT2D eigenvalue weighted by molar-refractivity contribution is 5.98. The maximum absolute atomic E-state index is 14.3. The second kappa shape index (κ2) is 8.87. The Hall–Kier alpha value is -2.31. The molecule has 1 aromatic rings. The molecule has 0 spiro atoms. The van der Waals surface area contributed by atoms with E-state index in [1.807, 2.05) is 13.8 Å². The van der Waals surface area contributed by atoms with E-state index < -0.39 is 24.1 Å². The van der Waals surface area contributed by atoms with Crippen molar-refractivity contribution in [2.75, 3.05) is 26.3 Å². The number of aliphatic carboxylic acids is 1. The molecule has 0 aliphatic carbocycles. The summed E-state index contributed by atoms with van der Waals surface area (Å²) in [7, 11) is 0. The predicted octanol–water partition coefficient (Wildman–Crippen LogP) is 3.29. The summed E-state index contributed by atoms with van der Waals surface area (Å²) in [6.07, 6.45) is 2.43. The number of carbonyl (C=O) groups is 2. The monoisotopic (exact) mass is 367 g/mol. The summed E-state index contributed by atoms with van der Waals surface area (Å²) >= 11 is 0. The number of carboxylic acid groups (broad SMARTS) is 1. The van der Waals surface area contributed by atoms with Gasteiger partial charge in [0.2, 0.25) is 5.67 Å². The number of alkyl halides is 1. The first-order valence-electron chi connectivity index (χ1n) is 9.02. The van der Waals surface area contributed by atoms with Crippen molar-refractivity contribution in [3.8, 4) is 11.5 Å². The molecule has 0 bridgehead atoms. The third-order valence-electron chi connectivity index (χ3n) is 4.30. The molecule has 2 rings (SSSR count). The summed E-state index contributed by atoms with van der Waals surface area (Å²) in [6, 6.07) is 4.92. The minimum atomic E-state index is -2.39. The SMILES string of the molecule is CCCCOc1cc(OCCC)ccc1C(=O)N1CCC(F)(C(=O)O)C1. The van der Waals surface area contributed by atoms with E-state index in [0.717, 1.165) is 19.3 Å². The minimum absolute atomic E-state index is 0.0596. The number of ether oxygens (including phenoxy) is 2. The van der Waals surface area contributed by atoms with Crippen LogP contribution in [0.4, 0.5) is 4.39 Å². The molecule has 0 radical (unpaired) electrons. The van der Waals surface area contributed by atoms with Gasteiger partial charge in [0.1, 0.15) is 11.5 Å². The van der Waals surface area contributed by atoms with Gasteiger partial charge in [-0.3, -0.25) is 4.79 Å². The van der Waals surface area contributed by atoms with Gasteiger partial charge in [0.25, 0.3) is 5.91 Å². The standard InChI is InChI=1S/C19H26FNO5/c1-3-5-11-26-16-12-14(25-10-4-2)6-7-15(16)17(22)21-9-8-19(20,13-21)18(23)24/h6-7,12H,3-5,8-11,13H2,1-2H3,(H,23,24). The number of halogens is 1. The average molecular weight is 367 g/mol. The second-order valence-corrected chi connectivity index (χ2v) is 6.46. The van der Waals surface area contributed by atoms with Crippen molar-refractivity contribution in [3.05, 3.63) is 23.8 Å². The van der Waals surface area contributed by atoms with E-state index in [9.17, 15) is 14.0 Å². The third kappa shape index (κ3) is 4.65. The molecule has 26 heavy (non-hydrogen) atoms. The number of benzene rings is 1. The summed E-state index contributed by atoms with van der Waals surface area (Å²) in [5.41, 5.74) is -2.09. The third-order valence-corrected chi connectivity index (χ3v) is 4.30. The second-order valence-electron chi connectivity index (χ2n) is 6.46. The first-order chi connectivity index (χ1) is 12.4. The van der Waals surface area contributed by atoms with E-state index in [1.165, 1.54) is 4.90 Å². The van der Waals surface area contributed by atoms with Gasteiger partial charge >= 0.3 is 5.97 Å². The van der Waals surface area contributed by atoms with Gasteiger partial charge < -0.3 is 19.5 Å². The molecule has 0 saturated carbocycles. The maximum Gasteiger partial charge on any atom is 0.343 e. The van der Waals surface area contributed by atoms with Gasteiger partial charge in [-0.05, 0) is 25.0 Å². The van der Waals surface area contributed by atoms with Crippen molar-refractivity contribution in [2.24, 2.45) is 0 Å². The summed E-state index contributed by atoms with van der Waals surface area (Å²) in [5.74, 6) is -0.986. The van der Waals surface area contributed by atoms with Crippen LogP contribution in [-0.2, 0) is 4.79 Å². The van der Waals surface area contributed by atoms with Gasteiger partial charge in [-0.15, -0.1) is 0 Å². The lowest BCUT2D eigenvalue weighted by Gasteiger charge is -2.20. The molecule has 6 nitrogen and oxygen atoms in total. The molecular formula is C19H26FNO5. The molecule has 1 atom stereocenters. The lowest BCUT2D eigenvalue weighted by molar-refractivity contribution is -0.149. The normalized spacial score (nSPS) is 19.4. The lowest BCUT2D eigenvalue weighted by atomic mass is 10.1. The molecule has 1 amide bonds. The Kier molecular flexibility index (Phi) is 6.83. The van der Waals surface area contributed by atoms with Crippen molar-refractivity contribution in [2.45, 2.75) is 45.2 Å². The zero-order valence-electron chi connectivity index (χ0n) is 15.3. The molecule has 1 fully saturated rings. The molecule has 144 valence electrons. The average Bonchev–Trinajstić information content (AvgIpc) is 3.03. The summed E-state index contributed by atoms with van der Waals surface area (Å²) in [5, 5.41) is 9.01. The van der Waals surface area contributed by atoms with Crippen LogP contribution in [0.3, 0.4) is 0 Å². The van der Waals surface area contributed by atoms with Gasteiger partial charge in [-0.2, -0.15) is 0 Å². The van der Waals surface area contributed by atoms with Crippen LogP contribution in [0.25, 0.3) is 0 Å². The van der Waals surface area contributed by atoms with Gasteiger partial charge in [-0.1, -0.05) is 20.3 Å². The zero-order valence-corrected chi connectivity index (χ0v) is 15.3. The predicted molar refractivity (Wildman–Crippen MR) is 94.6 cm³/mol. The van der Waals surface area contributed by atoms with Crippen molar-refractivity contribution in [3.63, 3.8) is 0 Å². The fraction of sp³-hybridized carbons (Fsp3) is 0.579. The highest BCUT2D eigenvalue weighted by Gasteiger charge is 2.47. The van der Waals surface area contributed by atoms with Crippen LogP contribution < -0.4 is 9.47 Å². The van der Waals surface area contributed by atoms with Gasteiger partial charge in [0, 0.05) is 19.0 Å². The fourth-order valence-corrected chi connectivity index (χ4v) is 2.73. The minimum Gasteiger partial charge on any atom is -0.493 e. The molecule has 1 aliphatic rings. The Balaban J connectivity index is 2.20. The molecule has 1 heterocycles. The van der Waals surface area contributed by atoms with Gasteiger partial charge in [-0.25, -0.2) is 9.18 Å². The number of carbonyl (C=O) groups excluding carboxylic acids is 1. The van der Waals surface area contributed by atoms with Crippen LogP contribution in [0.1, 0.15) is 49.9 Å². The lowest BCUT2D eigenvalue weighted by Crippen LogP contribution is -2.39. The number of amides is 1. The Morgan fingerprint density at radius 3 is 2.62 bits per heavy atom. The molecule has 1 aromatic carbocycles. The quantitative estimate of drug-likeness (QED) is 0.678.